The molecule has 0 bridgehead atoms. The summed E-state index contributed by atoms with van der Waals surface area (Å²) in [6.45, 7) is 3.64. The number of rotatable bonds is 6. The Morgan fingerprint density at radius 2 is 1.94 bits per heavy atom. The summed E-state index contributed by atoms with van der Waals surface area (Å²) in [5.74, 6) is -0.618. The first-order chi connectivity index (χ1) is 8.61. The first-order valence-electron chi connectivity index (χ1n) is 6.57. The molecule has 2 aliphatic heterocycles. The van der Waals surface area contributed by atoms with Gasteiger partial charge in [-0.25, -0.2) is 0 Å². The second-order valence-corrected chi connectivity index (χ2v) is 5.22. The molecular formula is C12H21N3O3. The predicted octanol–water partition coefficient (Wildman–Crippen LogP) is -0.595. The average molecular weight is 255 g/mol. The van der Waals surface area contributed by atoms with E-state index in [4.69, 9.17) is 5.11 Å². The number of aliphatic carboxylic acids is 1. The maximum atomic E-state index is 11.8. The zero-order valence-electron chi connectivity index (χ0n) is 10.6. The van der Waals surface area contributed by atoms with Gasteiger partial charge in [-0.1, -0.05) is 0 Å². The lowest BCUT2D eigenvalue weighted by molar-refractivity contribution is -0.139. The molecule has 2 aliphatic rings. The highest BCUT2D eigenvalue weighted by Crippen LogP contribution is 2.16. The van der Waals surface area contributed by atoms with Gasteiger partial charge in [0, 0.05) is 39.1 Å². The van der Waals surface area contributed by atoms with E-state index in [0.717, 1.165) is 25.9 Å². The van der Waals surface area contributed by atoms with Gasteiger partial charge in [-0.05, 0) is 12.8 Å². The summed E-state index contributed by atoms with van der Waals surface area (Å²) >= 11 is 0. The van der Waals surface area contributed by atoms with Gasteiger partial charge in [-0.15, -0.1) is 0 Å². The summed E-state index contributed by atoms with van der Waals surface area (Å²) < 4.78 is 0. The Hall–Kier alpha value is -1.14. The summed E-state index contributed by atoms with van der Waals surface area (Å²) in [5, 5.41) is 15.2. The molecule has 3 N–H and O–H groups in total. The van der Waals surface area contributed by atoms with E-state index in [1.165, 1.54) is 0 Å². The van der Waals surface area contributed by atoms with Crippen LogP contribution in [0.25, 0.3) is 0 Å². The number of hydrogen-bond donors (Lipinski definition) is 3. The zero-order valence-corrected chi connectivity index (χ0v) is 10.6. The van der Waals surface area contributed by atoms with Crippen LogP contribution in [0.15, 0.2) is 0 Å². The minimum atomic E-state index is -0.796. The van der Waals surface area contributed by atoms with Gasteiger partial charge in [0.25, 0.3) is 0 Å². The van der Waals surface area contributed by atoms with E-state index in [2.05, 4.69) is 10.6 Å². The summed E-state index contributed by atoms with van der Waals surface area (Å²) in [6, 6.07) is 0. The van der Waals surface area contributed by atoms with Gasteiger partial charge >= 0.3 is 5.97 Å². The Morgan fingerprint density at radius 1 is 1.28 bits per heavy atom. The van der Waals surface area contributed by atoms with Gasteiger partial charge in [0.05, 0.1) is 12.0 Å². The summed E-state index contributed by atoms with van der Waals surface area (Å²) in [5.41, 5.74) is -0.350. The van der Waals surface area contributed by atoms with Crippen LogP contribution in [-0.2, 0) is 9.59 Å². The smallest absolute Gasteiger partial charge is 0.305 e. The fourth-order valence-electron chi connectivity index (χ4n) is 2.59. The third-order valence-electron chi connectivity index (χ3n) is 3.71. The molecule has 2 rings (SSSR count). The highest BCUT2D eigenvalue weighted by molar-refractivity contribution is 5.76. The molecule has 6 nitrogen and oxygen atoms in total. The molecule has 2 saturated heterocycles. The molecule has 0 spiro atoms. The highest BCUT2D eigenvalue weighted by Gasteiger charge is 2.38. The van der Waals surface area contributed by atoms with Crippen LogP contribution in [0.1, 0.15) is 25.7 Å². The van der Waals surface area contributed by atoms with Crippen molar-refractivity contribution in [1.29, 1.82) is 0 Å². The first-order valence-corrected chi connectivity index (χ1v) is 6.57. The Balaban J connectivity index is 1.70. The van der Waals surface area contributed by atoms with Crippen molar-refractivity contribution in [3.05, 3.63) is 0 Å². The van der Waals surface area contributed by atoms with Gasteiger partial charge in [0.1, 0.15) is 0 Å². The maximum Gasteiger partial charge on any atom is 0.305 e. The van der Waals surface area contributed by atoms with Gasteiger partial charge in [-0.2, -0.15) is 0 Å². The summed E-state index contributed by atoms with van der Waals surface area (Å²) in [6.07, 6.45) is 2.78. The molecule has 2 heterocycles. The van der Waals surface area contributed by atoms with Crippen molar-refractivity contribution in [3.8, 4) is 0 Å². The molecule has 0 radical (unpaired) electrons. The molecular weight excluding hydrogens is 234 g/mol. The van der Waals surface area contributed by atoms with Gasteiger partial charge in [-0.3, -0.25) is 9.59 Å². The van der Waals surface area contributed by atoms with Crippen molar-refractivity contribution in [2.75, 3.05) is 32.7 Å². The van der Waals surface area contributed by atoms with Crippen LogP contribution in [0.2, 0.25) is 0 Å². The zero-order chi connectivity index (χ0) is 13.0. The molecule has 0 aliphatic carbocycles. The number of amides is 1. The topological polar surface area (TPSA) is 81.7 Å². The average Bonchev–Trinajstić information content (AvgIpc) is 2.78. The molecule has 1 amide bonds. The molecule has 0 atom stereocenters. The third-order valence-corrected chi connectivity index (χ3v) is 3.71. The number of carbonyl (C=O) groups excluding carboxylic acids is 1. The third kappa shape index (κ3) is 3.20. The van der Waals surface area contributed by atoms with Crippen molar-refractivity contribution in [2.45, 2.75) is 31.2 Å². The maximum absolute atomic E-state index is 11.8. The minimum Gasteiger partial charge on any atom is -0.481 e. The molecule has 0 aromatic heterocycles. The van der Waals surface area contributed by atoms with Crippen LogP contribution in [0.3, 0.4) is 0 Å². The lowest BCUT2D eigenvalue weighted by Crippen LogP contribution is -2.68. The van der Waals surface area contributed by atoms with Crippen LogP contribution in [-0.4, -0.2) is 60.1 Å². The Bertz CT molecular complexity index is 323. The molecule has 0 aromatic rings. The van der Waals surface area contributed by atoms with Gasteiger partial charge in [0.15, 0.2) is 0 Å². The Labute approximate surface area is 107 Å². The van der Waals surface area contributed by atoms with Gasteiger partial charge < -0.3 is 20.6 Å². The Kier molecular flexibility index (Phi) is 4.19. The monoisotopic (exact) mass is 255 g/mol. The van der Waals surface area contributed by atoms with E-state index in [1.54, 1.807) is 0 Å². The normalized spacial score (nSPS) is 21.7. The van der Waals surface area contributed by atoms with E-state index in [0.29, 0.717) is 26.1 Å². The lowest BCUT2D eigenvalue weighted by Gasteiger charge is -2.42. The number of likely N-dealkylation sites (tertiary alicyclic amines) is 1. The summed E-state index contributed by atoms with van der Waals surface area (Å²) in [4.78, 5) is 24.5. The van der Waals surface area contributed by atoms with E-state index in [9.17, 15) is 9.59 Å². The van der Waals surface area contributed by atoms with E-state index >= 15 is 0 Å². The molecule has 18 heavy (non-hydrogen) atoms. The van der Waals surface area contributed by atoms with Crippen LogP contribution in [0.5, 0.6) is 0 Å². The summed E-state index contributed by atoms with van der Waals surface area (Å²) in [7, 11) is 0. The number of nitrogens with one attached hydrogen (secondary N) is 2. The number of carboxylic acids is 1. The first kappa shape index (κ1) is 13.3. The number of hydrogen-bond acceptors (Lipinski definition) is 4. The molecule has 0 unspecified atom stereocenters. The van der Waals surface area contributed by atoms with Crippen LogP contribution >= 0.6 is 0 Å². The lowest BCUT2D eigenvalue weighted by atomic mass is 9.88. The number of carboxylic acid groups (broad SMARTS) is 1. The van der Waals surface area contributed by atoms with Crippen molar-refractivity contribution in [2.24, 2.45) is 0 Å². The molecule has 0 aromatic carbocycles. The van der Waals surface area contributed by atoms with Crippen molar-refractivity contribution >= 4 is 11.9 Å². The number of nitrogens with zero attached hydrogens (tertiary/aromatic N) is 1. The van der Waals surface area contributed by atoms with E-state index in [1.807, 2.05) is 4.90 Å². The van der Waals surface area contributed by atoms with E-state index < -0.39 is 5.97 Å². The van der Waals surface area contributed by atoms with Gasteiger partial charge in [0.2, 0.25) is 5.91 Å². The van der Waals surface area contributed by atoms with E-state index in [-0.39, 0.29) is 17.9 Å². The highest BCUT2D eigenvalue weighted by atomic mass is 16.4. The van der Waals surface area contributed by atoms with Crippen molar-refractivity contribution in [3.63, 3.8) is 0 Å². The SMILES string of the molecule is O=C(O)CC1(NCCC(=O)N2CCCC2)CNC1. The molecule has 6 heteroatoms. The quantitative estimate of drug-likeness (QED) is 0.591. The minimum absolute atomic E-state index is 0.109. The largest absolute Gasteiger partial charge is 0.481 e. The van der Waals surface area contributed by atoms with Crippen molar-refractivity contribution < 1.29 is 14.7 Å². The van der Waals surface area contributed by atoms with Crippen molar-refractivity contribution in [1.82, 2.24) is 15.5 Å². The molecule has 0 saturated carbocycles. The van der Waals surface area contributed by atoms with Crippen LogP contribution < -0.4 is 10.6 Å². The van der Waals surface area contributed by atoms with Crippen LogP contribution in [0.4, 0.5) is 0 Å². The molecule has 102 valence electrons. The fraction of sp³-hybridized carbons (Fsp3) is 0.833. The predicted molar refractivity (Wildman–Crippen MR) is 66.3 cm³/mol. The molecule has 2 fully saturated rings. The van der Waals surface area contributed by atoms with Crippen LogP contribution in [0, 0.1) is 0 Å². The second-order valence-electron chi connectivity index (χ2n) is 5.22. The Morgan fingerprint density at radius 3 is 2.44 bits per heavy atom. The fourth-order valence-corrected chi connectivity index (χ4v) is 2.59. The second kappa shape index (κ2) is 5.67. The standard InChI is InChI=1S/C12H21N3O3/c16-10(15-5-1-2-6-15)3-4-14-12(7-11(17)18)8-13-9-12/h13-14H,1-9H2,(H,17,18). The number of carbonyl (C=O) groups is 2.